The van der Waals surface area contributed by atoms with Crippen LogP contribution in [0.2, 0.25) is 0 Å². The van der Waals surface area contributed by atoms with Crippen LogP contribution in [0.1, 0.15) is 52.9 Å². The van der Waals surface area contributed by atoms with E-state index in [1.807, 2.05) is 6.92 Å². The van der Waals surface area contributed by atoms with Crippen LogP contribution in [0, 0.1) is 11.3 Å². The average Bonchev–Trinajstić information content (AvgIpc) is 2.16. The summed E-state index contributed by atoms with van der Waals surface area (Å²) in [5.74, 6) is -3.58. The first-order valence-electron chi connectivity index (χ1n) is 5.82. The first-order valence-corrected chi connectivity index (χ1v) is 5.82. The van der Waals surface area contributed by atoms with Crippen LogP contribution < -0.4 is 10.2 Å². The Balaban J connectivity index is 0. The summed E-state index contributed by atoms with van der Waals surface area (Å²) in [6.45, 7) is 5.18. The minimum Gasteiger partial charge on any atom is -0.549 e. The Labute approximate surface area is 143 Å². The molecule has 0 aromatic rings. The predicted octanol–water partition coefficient (Wildman–Crippen LogP) is -0.282. The molecule has 0 bridgehead atoms. The van der Waals surface area contributed by atoms with Gasteiger partial charge in [-0.2, -0.15) is 0 Å². The van der Waals surface area contributed by atoms with E-state index in [4.69, 9.17) is 0 Å². The fraction of sp³-hybridized carbons (Fsp3) is 0.833. The van der Waals surface area contributed by atoms with E-state index >= 15 is 0 Å². The van der Waals surface area contributed by atoms with Gasteiger partial charge in [-0.1, -0.05) is 46.5 Å². The molecule has 5 heteroatoms. The second kappa shape index (κ2) is 9.44. The fourth-order valence-corrected chi connectivity index (χ4v) is 1.88. The third-order valence-corrected chi connectivity index (χ3v) is 3.14. The Morgan fingerprint density at radius 1 is 1.06 bits per heavy atom. The molecule has 4 nitrogen and oxygen atoms in total. The van der Waals surface area contributed by atoms with Crippen molar-refractivity contribution in [2.24, 2.45) is 11.3 Å². The van der Waals surface area contributed by atoms with E-state index in [2.05, 4.69) is 0 Å². The van der Waals surface area contributed by atoms with Crippen molar-refractivity contribution in [3.05, 3.63) is 0 Å². The molecule has 0 fully saturated rings. The molecular formula is C12H20BaO4. The van der Waals surface area contributed by atoms with Crippen molar-refractivity contribution >= 4 is 60.8 Å². The molecule has 17 heavy (non-hydrogen) atoms. The predicted molar refractivity (Wildman–Crippen MR) is 61.8 cm³/mol. The molecule has 0 aliphatic heterocycles. The monoisotopic (exact) mass is 366 g/mol. The van der Waals surface area contributed by atoms with Crippen LogP contribution in [0.4, 0.5) is 0 Å². The van der Waals surface area contributed by atoms with Crippen molar-refractivity contribution in [2.75, 3.05) is 0 Å². The quantitative estimate of drug-likeness (QED) is 0.337. The number of hydrogen-bond acceptors (Lipinski definition) is 4. The number of carbonyl (C=O) groups excluding carboxylic acids is 2. The summed E-state index contributed by atoms with van der Waals surface area (Å²) in [6.07, 6.45) is 3.51. The summed E-state index contributed by atoms with van der Waals surface area (Å²) < 4.78 is 0. The van der Waals surface area contributed by atoms with Crippen LogP contribution in [-0.4, -0.2) is 60.8 Å². The van der Waals surface area contributed by atoms with Gasteiger partial charge in [0, 0.05) is 0 Å². The fourth-order valence-electron chi connectivity index (χ4n) is 1.88. The Morgan fingerprint density at radius 2 is 1.53 bits per heavy atom. The van der Waals surface area contributed by atoms with Crippen molar-refractivity contribution in [1.29, 1.82) is 0 Å². The Hall–Kier alpha value is 0.511. The maximum Gasteiger partial charge on any atom is 2.00 e. The number of unbranched alkanes of at least 4 members (excludes halogenated alkanes) is 3. The van der Waals surface area contributed by atoms with Crippen LogP contribution in [-0.2, 0) is 9.59 Å². The van der Waals surface area contributed by atoms with Crippen LogP contribution in [0.5, 0.6) is 0 Å². The van der Waals surface area contributed by atoms with Gasteiger partial charge in [-0.05, 0) is 12.3 Å². The molecule has 0 heterocycles. The minimum absolute atomic E-state index is 0. The summed E-state index contributed by atoms with van der Waals surface area (Å²) in [4.78, 5) is 22.1. The van der Waals surface area contributed by atoms with E-state index in [0.29, 0.717) is 6.42 Å². The molecule has 0 radical (unpaired) electrons. The van der Waals surface area contributed by atoms with Gasteiger partial charge in [0.2, 0.25) is 0 Å². The minimum atomic E-state index is -1.84. The third-order valence-electron chi connectivity index (χ3n) is 3.14. The third kappa shape index (κ3) is 5.34. The molecule has 0 saturated heterocycles. The molecule has 0 amide bonds. The number of carboxylic acids is 2. The van der Waals surface area contributed by atoms with Crippen molar-refractivity contribution in [1.82, 2.24) is 0 Å². The van der Waals surface area contributed by atoms with Crippen LogP contribution in [0.3, 0.4) is 0 Å². The first kappa shape index (κ1) is 19.8. The second-order valence-electron chi connectivity index (χ2n) is 4.51. The first-order chi connectivity index (χ1) is 7.39. The van der Waals surface area contributed by atoms with Gasteiger partial charge in [0.05, 0.1) is 17.4 Å². The van der Waals surface area contributed by atoms with Crippen LogP contribution in [0.15, 0.2) is 0 Å². The van der Waals surface area contributed by atoms with Gasteiger partial charge >= 0.3 is 48.9 Å². The second-order valence-corrected chi connectivity index (χ2v) is 4.51. The van der Waals surface area contributed by atoms with Gasteiger partial charge in [-0.25, -0.2) is 0 Å². The summed E-state index contributed by atoms with van der Waals surface area (Å²) in [5.41, 5.74) is -1.84. The maximum absolute atomic E-state index is 11.0. The number of carboxylic acid groups (broad SMARTS) is 2. The number of hydrogen-bond donors (Lipinski definition) is 0. The standard InChI is InChI=1S/C12H22O4.Ba/c1-4-5-6-7-8-12(9(2)3,10(13)14)11(15)16;/h9H,4-8H2,1-3H3,(H,13,14)(H,15,16);/q;+2/p-2. The van der Waals surface area contributed by atoms with Crippen molar-refractivity contribution in [3.63, 3.8) is 0 Å². The van der Waals surface area contributed by atoms with Gasteiger partial charge < -0.3 is 19.8 Å². The molecule has 0 unspecified atom stereocenters. The Morgan fingerprint density at radius 3 is 1.82 bits per heavy atom. The molecule has 0 aromatic heterocycles. The van der Waals surface area contributed by atoms with Gasteiger partial charge in [0.25, 0.3) is 0 Å². The van der Waals surface area contributed by atoms with Crippen LogP contribution >= 0.6 is 0 Å². The number of carbonyl (C=O) groups is 2. The van der Waals surface area contributed by atoms with E-state index in [1.165, 1.54) is 0 Å². The van der Waals surface area contributed by atoms with Gasteiger partial charge in [-0.15, -0.1) is 0 Å². The zero-order chi connectivity index (χ0) is 12.8. The van der Waals surface area contributed by atoms with E-state index in [1.54, 1.807) is 13.8 Å². The molecule has 0 N–H and O–H groups in total. The van der Waals surface area contributed by atoms with Crippen molar-refractivity contribution < 1.29 is 19.8 Å². The number of rotatable bonds is 8. The topological polar surface area (TPSA) is 80.3 Å². The van der Waals surface area contributed by atoms with Crippen molar-refractivity contribution in [3.8, 4) is 0 Å². The van der Waals surface area contributed by atoms with E-state index < -0.39 is 23.3 Å². The summed E-state index contributed by atoms with van der Waals surface area (Å²) in [7, 11) is 0. The molecule has 0 aliphatic rings. The van der Waals surface area contributed by atoms with Gasteiger partial charge in [0.1, 0.15) is 0 Å². The van der Waals surface area contributed by atoms with Gasteiger partial charge in [0.15, 0.2) is 0 Å². The van der Waals surface area contributed by atoms with Crippen molar-refractivity contribution in [2.45, 2.75) is 52.9 Å². The summed E-state index contributed by atoms with van der Waals surface area (Å²) in [6, 6.07) is 0. The van der Waals surface area contributed by atoms with E-state index in [9.17, 15) is 19.8 Å². The largest absolute Gasteiger partial charge is 2.00 e. The van der Waals surface area contributed by atoms with E-state index in [0.717, 1.165) is 19.3 Å². The maximum atomic E-state index is 11.0. The molecule has 0 aromatic carbocycles. The summed E-state index contributed by atoms with van der Waals surface area (Å²) in [5, 5.41) is 22.1. The number of aliphatic carboxylic acids is 2. The molecule has 0 aliphatic carbocycles. The van der Waals surface area contributed by atoms with E-state index in [-0.39, 0.29) is 55.3 Å². The smallest absolute Gasteiger partial charge is 0.549 e. The zero-order valence-corrected chi connectivity index (χ0v) is 15.4. The molecule has 0 spiro atoms. The molecular weight excluding hydrogens is 345 g/mol. The SMILES string of the molecule is CCCCCCC(C(=O)[O-])(C(=O)[O-])C(C)C.[Ba+2]. The Bertz CT molecular complexity index is 237. The summed E-state index contributed by atoms with van der Waals surface area (Å²) >= 11 is 0. The Kier molecular flexibility index (Phi) is 11.0. The molecule has 94 valence electrons. The molecule has 0 rings (SSSR count). The zero-order valence-electron chi connectivity index (χ0n) is 11.0. The van der Waals surface area contributed by atoms with Crippen LogP contribution in [0.25, 0.3) is 0 Å². The average molecular weight is 366 g/mol. The molecule has 0 saturated carbocycles. The molecule has 0 atom stereocenters. The normalized spacial score (nSPS) is 11.1. The van der Waals surface area contributed by atoms with Gasteiger partial charge in [-0.3, -0.25) is 0 Å².